The average molecular weight is 415 g/mol. The molecule has 0 radical (unpaired) electrons. The van der Waals surface area contributed by atoms with Gasteiger partial charge in [-0.15, -0.1) is 11.3 Å². The summed E-state index contributed by atoms with van der Waals surface area (Å²) < 4.78 is 7.10. The highest BCUT2D eigenvalue weighted by Gasteiger charge is 2.15. The predicted octanol–water partition coefficient (Wildman–Crippen LogP) is 4.47. The highest BCUT2D eigenvalue weighted by atomic mass is 79.9. The number of hydrogen-bond donors (Lipinski definition) is 1. The van der Waals surface area contributed by atoms with Gasteiger partial charge < -0.3 is 10.5 Å². The van der Waals surface area contributed by atoms with Crippen LogP contribution in [0.1, 0.15) is 0 Å². The largest absolute Gasteiger partial charge is 0.495 e. The maximum atomic E-state index is 6.06. The second-order valence-electron chi connectivity index (χ2n) is 4.03. The van der Waals surface area contributed by atoms with Gasteiger partial charge >= 0.3 is 0 Å². The molecule has 3 rings (SSSR count). The molecular formula is C13H9Br2N3OS. The Morgan fingerprint density at radius 3 is 2.80 bits per heavy atom. The van der Waals surface area contributed by atoms with E-state index in [1.165, 1.54) is 11.3 Å². The van der Waals surface area contributed by atoms with Gasteiger partial charge in [0.25, 0.3) is 0 Å². The van der Waals surface area contributed by atoms with E-state index < -0.39 is 0 Å². The van der Waals surface area contributed by atoms with Crippen molar-refractivity contribution in [1.29, 1.82) is 0 Å². The molecule has 0 saturated carbocycles. The van der Waals surface area contributed by atoms with Gasteiger partial charge in [-0.25, -0.2) is 9.97 Å². The van der Waals surface area contributed by atoms with E-state index in [1.807, 2.05) is 23.6 Å². The second-order valence-corrected chi connectivity index (χ2v) is 6.72. The molecular weight excluding hydrogens is 406 g/mol. The van der Waals surface area contributed by atoms with E-state index in [1.54, 1.807) is 7.11 Å². The number of anilines is 1. The van der Waals surface area contributed by atoms with E-state index >= 15 is 0 Å². The summed E-state index contributed by atoms with van der Waals surface area (Å²) in [4.78, 5) is 9.86. The van der Waals surface area contributed by atoms with E-state index in [4.69, 9.17) is 10.5 Å². The third kappa shape index (κ3) is 2.30. The summed E-state index contributed by atoms with van der Waals surface area (Å²) in [6.07, 6.45) is 0. The number of methoxy groups -OCH3 is 1. The molecule has 0 fully saturated rings. The molecule has 0 aliphatic heterocycles. The van der Waals surface area contributed by atoms with Crippen LogP contribution in [-0.4, -0.2) is 17.1 Å². The number of nitrogens with zero attached hydrogens (tertiary/aromatic N) is 2. The Morgan fingerprint density at radius 2 is 2.05 bits per heavy atom. The molecule has 20 heavy (non-hydrogen) atoms. The number of aromatic nitrogens is 2. The van der Waals surface area contributed by atoms with Crippen molar-refractivity contribution >= 4 is 59.9 Å². The minimum absolute atomic E-state index is 0.447. The lowest BCUT2D eigenvalue weighted by atomic mass is 10.2. The lowest BCUT2D eigenvalue weighted by Gasteiger charge is -2.07. The van der Waals surface area contributed by atoms with Crippen molar-refractivity contribution in [1.82, 2.24) is 9.97 Å². The van der Waals surface area contributed by atoms with E-state index in [2.05, 4.69) is 41.8 Å². The number of hydrogen-bond acceptors (Lipinski definition) is 5. The molecule has 2 heterocycles. The van der Waals surface area contributed by atoms with Crippen molar-refractivity contribution in [2.45, 2.75) is 0 Å². The molecule has 0 unspecified atom stereocenters. The van der Waals surface area contributed by atoms with Crippen LogP contribution in [0.25, 0.3) is 21.6 Å². The summed E-state index contributed by atoms with van der Waals surface area (Å²) >= 11 is 8.47. The first-order valence-corrected chi connectivity index (χ1v) is 8.11. The lowest BCUT2D eigenvalue weighted by molar-refractivity contribution is 0.418. The molecule has 7 heteroatoms. The number of ether oxygens (including phenoxy) is 1. The number of thiophene rings is 1. The Hall–Kier alpha value is -1.18. The molecule has 102 valence electrons. The van der Waals surface area contributed by atoms with Crippen molar-refractivity contribution < 1.29 is 4.74 Å². The number of rotatable bonds is 2. The summed E-state index contributed by atoms with van der Waals surface area (Å²) in [5.74, 6) is 1.77. The average Bonchev–Trinajstić information content (AvgIpc) is 2.88. The summed E-state index contributed by atoms with van der Waals surface area (Å²) in [5, 5.41) is 2.75. The van der Waals surface area contributed by atoms with Crippen LogP contribution in [0.15, 0.2) is 32.5 Å². The van der Waals surface area contributed by atoms with Crippen LogP contribution in [0, 0.1) is 0 Å². The Morgan fingerprint density at radius 1 is 1.25 bits per heavy atom. The monoisotopic (exact) mass is 413 g/mol. The van der Waals surface area contributed by atoms with Gasteiger partial charge in [0.15, 0.2) is 5.82 Å². The Balaban J connectivity index is 2.30. The molecule has 0 saturated heterocycles. The summed E-state index contributed by atoms with van der Waals surface area (Å²) in [6, 6.07) is 5.73. The number of nitrogen functional groups attached to an aromatic ring is 1. The van der Waals surface area contributed by atoms with Crippen molar-refractivity contribution in [3.05, 3.63) is 32.5 Å². The van der Waals surface area contributed by atoms with Crippen LogP contribution < -0.4 is 10.5 Å². The first-order chi connectivity index (χ1) is 9.60. The second kappa shape index (κ2) is 5.31. The first-order valence-electron chi connectivity index (χ1n) is 5.64. The normalized spacial score (nSPS) is 10.9. The van der Waals surface area contributed by atoms with Gasteiger partial charge in [-0.1, -0.05) is 15.9 Å². The fourth-order valence-corrected chi connectivity index (χ4v) is 4.01. The quantitative estimate of drug-likeness (QED) is 0.671. The molecule has 3 aromatic rings. The van der Waals surface area contributed by atoms with E-state index in [0.29, 0.717) is 11.6 Å². The zero-order chi connectivity index (χ0) is 14.3. The fraction of sp³-hybridized carbons (Fsp3) is 0.0769. The Bertz CT molecular complexity index is 804. The van der Waals surface area contributed by atoms with Gasteiger partial charge in [-0.05, 0) is 39.5 Å². The SMILES string of the molecule is COc1ccsc1-c1nc(N)c2cc(Br)cc(Br)c2n1. The van der Waals surface area contributed by atoms with Crippen molar-refractivity contribution in [2.24, 2.45) is 0 Å². The number of nitrogens with two attached hydrogens (primary N) is 1. The molecule has 4 nitrogen and oxygen atoms in total. The first kappa shape index (κ1) is 13.8. The van der Waals surface area contributed by atoms with Gasteiger partial charge in [-0.2, -0.15) is 0 Å². The molecule has 1 aromatic carbocycles. The number of fused-ring (bicyclic) bond motifs is 1. The Labute approximate surface area is 136 Å². The van der Waals surface area contributed by atoms with Crippen LogP contribution >= 0.6 is 43.2 Å². The topological polar surface area (TPSA) is 61.0 Å². The maximum Gasteiger partial charge on any atom is 0.176 e. The van der Waals surface area contributed by atoms with Crippen LogP contribution in [0.4, 0.5) is 5.82 Å². The zero-order valence-electron chi connectivity index (χ0n) is 10.4. The highest BCUT2D eigenvalue weighted by molar-refractivity contribution is 9.11. The van der Waals surface area contributed by atoms with Gasteiger partial charge in [0.1, 0.15) is 16.4 Å². The molecule has 2 N–H and O–H groups in total. The maximum absolute atomic E-state index is 6.06. The molecule has 0 aliphatic rings. The van der Waals surface area contributed by atoms with Crippen molar-refractivity contribution in [2.75, 3.05) is 12.8 Å². The van der Waals surface area contributed by atoms with Gasteiger partial charge in [0.05, 0.1) is 12.6 Å². The van der Waals surface area contributed by atoms with Gasteiger partial charge in [-0.3, -0.25) is 0 Å². The number of halogens is 2. The van der Waals surface area contributed by atoms with Crippen molar-refractivity contribution in [3.63, 3.8) is 0 Å². The van der Waals surface area contributed by atoms with Crippen LogP contribution in [0.2, 0.25) is 0 Å². The minimum Gasteiger partial charge on any atom is -0.495 e. The zero-order valence-corrected chi connectivity index (χ0v) is 14.3. The van der Waals surface area contributed by atoms with Crippen LogP contribution in [0.3, 0.4) is 0 Å². The van der Waals surface area contributed by atoms with Gasteiger partial charge in [0, 0.05) is 14.3 Å². The van der Waals surface area contributed by atoms with E-state index in [9.17, 15) is 0 Å². The Kier molecular flexibility index (Phi) is 3.66. The third-order valence-corrected chi connectivity index (χ3v) is 4.75. The number of benzene rings is 1. The fourth-order valence-electron chi connectivity index (χ4n) is 1.90. The van der Waals surface area contributed by atoms with E-state index in [0.717, 1.165) is 30.5 Å². The molecule has 0 aliphatic carbocycles. The van der Waals surface area contributed by atoms with Gasteiger partial charge in [0.2, 0.25) is 0 Å². The molecule has 0 bridgehead atoms. The third-order valence-electron chi connectivity index (χ3n) is 2.80. The standard InChI is InChI=1S/C13H9Br2N3OS/c1-19-9-2-3-20-11(9)13-17-10-7(12(16)18-13)4-6(14)5-8(10)15/h2-5H,1H3,(H2,16,17,18). The summed E-state index contributed by atoms with van der Waals surface area (Å²) in [6.45, 7) is 0. The predicted molar refractivity (Wildman–Crippen MR) is 89.2 cm³/mol. The highest BCUT2D eigenvalue weighted by Crippen LogP contribution is 2.36. The van der Waals surface area contributed by atoms with E-state index in [-0.39, 0.29) is 0 Å². The van der Waals surface area contributed by atoms with Crippen molar-refractivity contribution in [3.8, 4) is 16.5 Å². The lowest BCUT2D eigenvalue weighted by Crippen LogP contribution is -1.98. The molecule has 0 spiro atoms. The molecule has 2 aromatic heterocycles. The summed E-state index contributed by atoms with van der Waals surface area (Å²) in [5.41, 5.74) is 6.85. The molecule has 0 amide bonds. The summed E-state index contributed by atoms with van der Waals surface area (Å²) in [7, 11) is 1.63. The van der Waals surface area contributed by atoms with Crippen LogP contribution in [0.5, 0.6) is 5.75 Å². The van der Waals surface area contributed by atoms with Crippen LogP contribution in [-0.2, 0) is 0 Å². The molecule has 0 atom stereocenters. The minimum atomic E-state index is 0.447. The smallest absolute Gasteiger partial charge is 0.176 e.